The summed E-state index contributed by atoms with van der Waals surface area (Å²) in [5, 5.41) is 3.25. The molecule has 1 heterocycles. The molecule has 1 aliphatic heterocycles. The van der Waals surface area contributed by atoms with Crippen molar-refractivity contribution in [3.63, 3.8) is 0 Å². The van der Waals surface area contributed by atoms with E-state index < -0.39 is 0 Å². The van der Waals surface area contributed by atoms with Gasteiger partial charge in [0.05, 0.1) is 12.1 Å². The molecular weight excluding hydrogens is 242 g/mol. The zero-order valence-corrected chi connectivity index (χ0v) is 9.64. The molecule has 0 spiro atoms. The highest BCUT2D eigenvalue weighted by atomic mass is 79.9. The summed E-state index contributed by atoms with van der Waals surface area (Å²) in [7, 11) is 0. The molecule has 1 aromatic rings. The topological polar surface area (TPSA) is 21.3 Å². The number of ether oxygens (including phenoxy) is 1. The maximum Gasteiger partial charge on any atom is 0.122 e. The molecule has 0 unspecified atom stereocenters. The summed E-state index contributed by atoms with van der Waals surface area (Å²) in [4.78, 5) is 0. The monoisotopic (exact) mass is 255 g/mol. The largest absolute Gasteiger partial charge is 0.493 e. The van der Waals surface area contributed by atoms with Gasteiger partial charge in [0.2, 0.25) is 0 Å². The Morgan fingerprint density at radius 2 is 2.36 bits per heavy atom. The Morgan fingerprint density at radius 1 is 1.43 bits per heavy atom. The summed E-state index contributed by atoms with van der Waals surface area (Å²) in [5.41, 5.74) is 3.62. The van der Waals surface area contributed by atoms with Gasteiger partial charge in [-0.25, -0.2) is 0 Å². The number of hydrogen-bond donors (Lipinski definition) is 1. The molecule has 0 saturated carbocycles. The lowest BCUT2D eigenvalue weighted by Crippen LogP contribution is -2.14. The predicted octanol–water partition coefficient (Wildman–Crippen LogP) is 2.11. The first-order valence-electron chi connectivity index (χ1n) is 4.91. The van der Waals surface area contributed by atoms with Gasteiger partial charge >= 0.3 is 0 Å². The van der Waals surface area contributed by atoms with Crippen LogP contribution in [0.2, 0.25) is 0 Å². The van der Waals surface area contributed by atoms with E-state index in [1.165, 1.54) is 11.1 Å². The molecular formula is C11H14BrNO. The van der Waals surface area contributed by atoms with E-state index in [0.29, 0.717) is 0 Å². The maximum atomic E-state index is 5.46. The van der Waals surface area contributed by atoms with E-state index in [2.05, 4.69) is 39.4 Å². The maximum absolute atomic E-state index is 5.46. The fourth-order valence-corrected chi connectivity index (χ4v) is 1.98. The van der Waals surface area contributed by atoms with Gasteiger partial charge in [-0.2, -0.15) is 0 Å². The van der Waals surface area contributed by atoms with Crippen molar-refractivity contribution in [2.45, 2.75) is 12.8 Å². The third-order valence-electron chi connectivity index (χ3n) is 2.44. The normalized spacial score (nSPS) is 13.8. The Labute approximate surface area is 92.8 Å². The Morgan fingerprint density at radius 3 is 3.21 bits per heavy atom. The highest BCUT2D eigenvalue weighted by Crippen LogP contribution is 2.25. The highest BCUT2D eigenvalue weighted by molar-refractivity contribution is 9.09. The van der Waals surface area contributed by atoms with Gasteiger partial charge in [-0.3, -0.25) is 0 Å². The van der Waals surface area contributed by atoms with Gasteiger partial charge in [-0.1, -0.05) is 28.1 Å². The smallest absolute Gasteiger partial charge is 0.122 e. The standard InChI is InChI=1S/C11H14BrNO/c12-8-13-5-3-9-1-2-11-10(7-9)4-6-14-11/h1-2,7,13H,3-6,8H2. The first-order valence-corrected chi connectivity index (χ1v) is 6.03. The molecule has 1 N–H and O–H groups in total. The van der Waals surface area contributed by atoms with Gasteiger partial charge in [-0.05, 0) is 30.2 Å². The third-order valence-corrected chi connectivity index (χ3v) is 2.84. The summed E-state index contributed by atoms with van der Waals surface area (Å²) in [5.74, 6) is 1.07. The summed E-state index contributed by atoms with van der Waals surface area (Å²) >= 11 is 3.34. The minimum Gasteiger partial charge on any atom is -0.493 e. The van der Waals surface area contributed by atoms with Gasteiger partial charge in [0.15, 0.2) is 0 Å². The second-order valence-corrected chi connectivity index (χ2v) is 3.98. The molecule has 0 bridgehead atoms. The summed E-state index contributed by atoms with van der Waals surface area (Å²) in [6.07, 6.45) is 2.15. The number of hydrogen-bond acceptors (Lipinski definition) is 2. The summed E-state index contributed by atoms with van der Waals surface area (Å²) in [6.45, 7) is 1.86. The average molecular weight is 256 g/mol. The van der Waals surface area contributed by atoms with Gasteiger partial charge in [-0.15, -0.1) is 0 Å². The second kappa shape index (κ2) is 4.80. The van der Waals surface area contributed by atoms with Gasteiger partial charge in [0.1, 0.15) is 5.75 Å². The van der Waals surface area contributed by atoms with Crippen molar-refractivity contribution >= 4 is 15.9 Å². The molecule has 0 amide bonds. The minimum absolute atomic E-state index is 0.846. The van der Waals surface area contributed by atoms with Crippen molar-refractivity contribution in [2.24, 2.45) is 0 Å². The van der Waals surface area contributed by atoms with Crippen LogP contribution in [0.5, 0.6) is 5.75 Å². The van der Waals surface area contributed by atoms with Gasteiger partial charge < -0.3 is 10.1 Å². The van der Waals surface area contributed by atoms with Crippen LogP contribution < -0.4 is 10.1 Å². The quantitative estimate of drug-likeness (QED) is 0.506. The lowest BCUT2D eigenvalue weighted by Gasteiger charge is -2.04. The first-order chi connectivity index (χ1) is 6.90. The molecule has 0 radical (unpaired) electrons. The molecule has 0 aromatic heterocycles. The third kappa shape index (κ3) is 2.28. The Kier molecular flexibility index (Phi) is 3.43. The van der Waals surface area contributed by atoms with Crippen LogP contribution in [0.15, 0.2) is 18.2 Å². The first kappa shape index (κ1) is 9.99. The zero-order valence-electron chi connectivity index (χ0n) is 8.05. The van der Waals surface area contributed by atoms with E-state index in [9.17, 15) is 0 Å². The van der Waals surface area contributed by atoms with Crippen LogP contribution >= 0.6 is 15.9 Å². The van der Waals surface area contributed by atoms with Crippen LogP contribution in [0, 0.1) is 0 Å². The molecule has 1 aliphatic rings. The molecule has 14 heavy (non-hydrogen) atoms. The van der Waals surface area contributed by atoms with E-state index in [1.54, 1.807) is 0 Å². The van der Waals surface area contributed by atoms with Crippen LogP contribution in [0.4, 0.5) is 0 Å². The fraction of sp³-hybridized carbons (Fsp3) is 0.455. The fourth-order valence-electron chi connectivity index (χ4n) is 1.69. The average Bonchev–Trinajstić information content (AvgIpc) is 2.65. The van der Waals surface area contributed by atoms with Crippen LogP contribution in [0.3, 0.4) is 0 Å². The van der Waals surface area contributed by atoms with Crippen molar-refractivity contribution < 1.29 is 4.74 Å². The summed E-state index contributed by atoms with van der Waals surface area (Å²) in [6, 6.07) is 6.50. The highest BCUT2D eigenvalue weighted by Gasteiger charge is 2.11. The number of halogens is 1. The zero-order chi connectivity index (χ0) is 9.80. The summed E-state index contributed by atoms with van der Waals surface area (Å²) < 4.78 is 5.46. The molecule has 0 saturated heterocycles. The lowest BCUT2D eigenvalue weighted by atomic mass is 10.1. The number of rotatable bonds is 4. The molecule has 2 rings (SSSR count). The van der Waals surface area contributed by atoms with Crippen molar-refractivity contribution in [1.29, 1.82) is 0 Å². The molecule has 0 atom stereocenters. The van der Waals surface area contributed by atoms with Crippen LogP contribution in [-0.4, -0.2) is 18.6 Å². The van der Waals surface area contributed by atoms with E-state index in [1.807, 2.05) is 0 Å². The van der Waals surface area contributed by atoms with Gasteiger partial charge in [0, 0.05) is 6.42 Å². The molecule has 3 heteroatoms. The number of fused-ring (bicyclic) bond motifs is 1. The van der Waals surface area contributed by atoms with Crippen molar-refractivity contribution in [2.75, 3.05) is 18.6 Å². The predicted molar refractivity (Wildman–Crippen MR) is 61.1 cm³/mol. The Bertz CT molecular complexity index is 314. The molecule has 76 valence electrons. The van der Waals surface area contributed by atoms with E-state index in [4.69, 9.17) is 4.74 Å². The molecule has 2 nitrogen and oxygen atoms in total. The van der Waals surface area contributed by atoms with Crippen LogP contribution in [0.1, 0.15) is 11.1 Å². The second-order valence-electron chi connectivity index (χ2n) is 3.42. The van der Waals surface area contributed by atoms with Gasteiger partial charge in [0.25, 0.3) is 0 Å². The van der Waals surface area contributed by atoms with Crippen LogP contribution in [0.25, 0.3) is 0 Å². The van der Waals surface area contributed by atoms with E-state index in [0.717, 1.165) is 37.2 Å². The Hall–Kier alpha value is -0.540. The van der Waals surface area contributed by atoms with E-state index >= 15 is 0 Å². The molecule has 0 aliphatic carbocycles. The number of benzene rings is 1. The Balaban J connectivity index is 1.98. The SMILES string of the molecule is BrCNCCc1ccc2c(c1)CCO2. The molecule has 0 fully saturated rings. The van der Waals surface area contributed by atoms with E-state index in [-0.39, 0.29) is 0 Å². The minimum atomic E-state index is 0.846. The molecule has 1 aromatic carbocycles. The van der Waals surface area contributed by atoms with Crippen molar-refractivity contribution in [1.82, 2.24) is 5.32 Å². The lowest BCUT2D eigenvalue weighted by molar-refractivity contribution is 0.357. The number of alkyl halides is 1. The van der Waals surface area contributed by atoms with Crippen molar-refractivity contribution in [3.05, 3.63) is 29.3 Å². The number of nitrogens with one attached hydrogen (secondary N) is 1. The van der Waals surface area contributed by atoms with Crippen LogP contribution in [-0.2, 0) is 12.8 Å². The van der Waals surface area contributed by atoms with Crippen molar-refractivity contribution in [3.8, 4) is 5.75 Å².